The Bertz CT molecular complexity index is 1600. The molecule has 0 spiro atoms. The highest BCUT2D eigenvalue weighted by Gasteiger charge is 2.24. The topological polar surface area (TPSA) is 121 Å². The Hall–Kier alpha value is -4.40. The van der Waals surface area contributed by atoms with E-state index < -0.39 is 0 Å². The van der Waals surface area contributed by atoms with Crippen LogP contribution in [0.3, 0.4) is 0 Å². The van der Waals surface area contributed by atoms with Crippen molar-refractivity contribution < 1.29 is 14.3 Å². The van der Waals surface area contributed by atoms with Gasteiger partial charge in [0, 0.05) is 48.7 Å². The minimum absolute atomic E-state index is 0.00586. The molecule has 6 rings (SSSR count). The number of ether oxygens (including phenoxy) is 1. The highest BCUT2D eigenvalue weighted by Crippen LogP contribution is 2.33. The second kappa shape index (κ2) is 12.9. The van der Waals surface area contributed by atoms with Crippen LogP contribution in [0.5, 0.6) is 5.75 Å². The lowest BCUT2D eigenvalue weighted by atomic mass is 9.89. The number of pyridine rings is 2. The molecule has 2 saturated carbocycles. The maximum absolute atomic E-state index is 13.1. The second-order valence-corrected chi connectivity index (χ2v) is 12.1. The highest BCUT2D eigenvalue weighted by atomic mass is 16.5. The number of hydrogen-bond donors (Lipinski definition) is 4. The molecule has 0 unspecified atom stereocenters. The molecule has 4 aromatic rings. The van der Waals surface area contributed by atoms with E-state index in [0.29, 0.717) is 41.6 Å². The van der Waals surface area contributed by atoms with Crippen LogP contribution in [0.1, 0.15) is 85.1 Å². The Morgan fingerprint density at radius 3 is 2.65 bits per heavy atom. The summed E-state index contributed by atoms with van der Waals surface area (Å²) < 4.78 is 6.12. The van der Waals surface area contributed by atoms with Gasteiger partial charge in [-0.15, -0.1) is 0 Å². The molecule has 4 N–H and O–H groups in total. The number of nitrogens with zero attached hydrogens (tertiary/aromatic N) is 2. The zero-order valence-electron chi connectivity index (χ0n) is 24.9. The number of H-pyrrole nitrogens is 1. The average molecular weight is 581 g/mol. The van der Waals surface area contributed by atoms with Gasteiger partial charge in [0.2, 0.25) is 0 Å². The van der Waals surface area contributed by atoms with Crippen LogP contribution >= 0.6 is 0 Å². The van der Waals surface area contributed by atoms with E-state index in [0.717, 1.165) is 40.7 Å². The van der Waals surface area contributed by atoms with E-state index in [-0.39, 0.29) is 24.0 Å². The van der Waals surface area contributed by atoms with Crippen molar-refractivity contribution in [2.45, 2.75) is 77.5 Å². The Balaban J connectivity index is 1.23. The van der Waals surface area contributed by atoms with Crippen molar-refractivity contribution >= 4 is 28.7 Å². The maximum Gasteiger partial charge on any atom is 0.255 e. The van der Waals surface area contributed by atoms with E-state index in [1.165, 1.54) is 32.1 Å². The summed E-state index contributed by atoms with van der Waals surface area (Å²) in [6.07, 6.45) is 13.4. The Kier molecular flexibility index (Phi) is 8.58. The Morgan fingerprint density at radius 2 is 1.86 bits per heavy atom. The fourth-order valence-electron chi connectivity index (χ4n) is 5.76. The fourth-order valence-corrected chi connectivity index (χ4v) is 5.76. The second-order valence-electron chi connectivity index (χ2n) is 12.1. The number of nitrogens with one attached hydrogen (secondary N) is 4. The molecule has 9 heteroatoms. The van der Waals surface area contributed by atoms with Gasteiger partial charge in [-0.1, -0.05) is 19.3 Å². The summed E-state index contributed by atoms with van der Waals surface area (Å²) in [5, 5.41) is 10.4. The molecule has 2 amide bonds. The lowest BCUT2D eigenvalue weighted by Gasteiger charge is -2.22. The van der Waals surface area contributed by atoms with Gasteiger partial charge in [0.05, 0.1) is 17.2 Å². The SMILES string of the molecule is CC(C)Oc1cc(CNc2ncccc2C(=O)NCC2CCCCC2)cc(-c2c[nH]c3ncc(C(=O)NC4CC4)cc23)c1. The summed E-state index contributed by atoms with van der Waals surface area (Å²) in [6.45, 7) is 5.14. The van der Waals surface area contributed by atoms with Crippen molar-refractivity contribution in [3.63, 3.8) is 0 Å². The molecule has 43 heavy (non-hydrogen) atoms. The Labute approximate surface area is 252 Å². The molecule has 2 fully saturated rings. The molecule has 3 heterocycles. The first kappa shape index (κ1) is 28.7. The third-order valence-corrected chi connectivity index (χ3v) is 8.14. The van der Waals surface area contributed by atoms with E-state index in [2.05, 4.69) is 37.0 Å². The van der Waals surface area contributed by atoms with Crippen molar-refractivity contribution in [1.82, 2.24) is 25.6 Å². The summed E-state index contributed by atoms with van der Waals surface area (Å²) in [5.41, 5.74) is 4.63. The molecule has 9 nitrogen and oxygen atoms in total. The lowest BCUT2D eigenvalue weighted by Crippen LogP contribution is -2.30. The summed E-state index contributed by atoms with van der Waals surface area (Å²) in [4.78, 5) is 38.1. The van der Waals surface area contributed by atoms with Crippen LogP contribution in [0.2, 0.25) is 0 Å². The number of benzene rings is 1. The molecule has 0 aliphatic heterocycles. The van der Waals surface area contributed by atoms with Crippen molar-refractivity contribution in [2.75, 3.05) is 11.9 Å². The molecule has 0 bridgehead atoms. The van der Waals surface area contributed by atoms with Gasteiger partial charge in [0.25, 0.3) is 11.8 Å². The molecular weight excluding hydrogens is 540 g/mol. The molecule has 2 aliphatic rings. The highest BCUT2D eigenvalue weighted by molar-refractivity contribution is 6.01. The quantitative estimate of drug-likeness (QED) is 0.167. The van der Waals surface area contributed by atoms with Gasteiger partial charge in [-0.3, -0.25) is 9.59 Å². The number of carbonyl (C=O) groups is 2. The normalized spacial score (nSPS) is 15.4. The predicted molar refractivity (Wildman–Crippen MR) is 168 cm³/mol. The fraction of sp³-hybridized carbons (Fsp3) is 0.412. The third-order valence-electron chi connectivity index (χ3n) is 8.14. The summed E-state index contributed by atoms with van der Waals surface area (Å²) in [6, 6.07) is 11.9. The van der Waals surface area contributed by atoms with Gasteiger partial charge < -0.3 is 25.7 Å². The average Bonchev–Trinajstić information content (AvgIpc) is 3.73. The molecule has 0 radical (unpaired) electrons. The minimum atomic E-state index is -0.105. The first-order valence-corrected chi connectivity index (χ1v) is 15.5. The number of rotatable bonds is 11. The van der Waals surface area contributed by atoms with Gasteiger partial charge >= 0.3 is 0 Å². The molecule has 0 atom stereocenters. The maximum atomic E-state index is 13.1. The zero-order valence-corrected chi connectivity index (χ0v) is 24.9. The number of amides is 2. The van der Waals surface area contributed by atoms with Crippen LogP contribution in [0.25, 0.3) is 22.2 Å². The minimum Gasteiger partial charge on any atom is -0.491 e. The molecule has 3 aromatic heterocycles. The van der Waals surface area contributed by atoms with Crippen LogP contribution in [-0.2, 0) is 6.54 Å². The van der Waals surface area contributed by atoms with E-state index in [1.807, 2.05) is 44.3 Å². The number of aromatic nitrogens is 3. The molecule has 2 aliphatic carbocycles. The predicted octanol–water partition coefficient (Wildman–Crippen LogP) is 6.23. The van der Waals surface area contributed by atoms with Crippen molar-refractivity contribution in [3.05, 3.63) is 71.7 Å². The van der Waals surface area contributed by atoms with Crippen LogP contribution in [0.15, 0.2) is 55.0 Å². The molecular formula is C34H40N6O3. The first-order valence-electron chi connectivity index (χ1n) is 15.5. The van der Waals surface area contributed by atoms with E-state index >= 15 is 0 Å². The monoisotopic (exact) mass is 580 g/mol. The van der Waals surface area contributed by atoms with Gasteiger partial charge in [0.15, 0.2) is 0 Å². The number of aromatic amines is 1. The number of anilines is 1. The van der Waals surface area contributed by atoms with Gasteiger partial charge in [-0.05, 0) is 93.0 Å². The van der Waals surface area contributed by atoms with Gasteiger partial charge in [-0.2, -0.15) is 0 Å². The molecule has 1 aromatic carbocycles. The first-order chi connectivity index (χ1) is 20.9. The van der Waals surface area contributed by atoms with Crippen LogP contribution < -0.4 is 20.7 Å². The summed E-state index contributed by atoms with van der Waals surface area (Å²) >= 11 is 0. The van der Waals surface area contributed by atoms with E-state index in [4.69, 9.17) is 4.74 Å². The number of hydrogen-bond acceptors (Lipinski definition) is 6. The number of fused-ring (bicyclic) bond motifs is 1. The Morgan fingerprint density at radius 1 is 1.02 bits per heavy atom. The van der Waals surface area contributed by atoms with Crippen LogP contribution in [0, 0.1) is 5.92 Å². The molecule has 0 saturated heterocycles. The number of carbonyl (C=O) groups excluding carboxylic acids is 2. The third kappa shape index (κ3) is 7.16. The molecule has 224 valence electrons. The standard InChI is InChI=1S/C34H40N6O3/c1-21(2)43-27-14-23(18-36-31-28(9-6-12-35-31)34(42)39-17-22-7-4-3-5-8-22)13-24(15-27)30-20-38-32-29(30)16-25(19-37-32)33(41)40-26-10-11-26/h6,9,12-16,19-22,26H,3-5,7-8,10-11,17-18H2,1-2H3,(H,35,36)(H,37,38)(H,39,42)(H,40,41). The van der Waals surface area contributed by atoms with E-state index in [1.54, 1.807) is 18.5 Å². The lowest BCUT2D eigenvalue weighted by molar-refractivity contribution is 0.0938. The van der Waals surface area contributed by atoms with Crippen LogP contribution in [0.4, 0.5) is 5.82 Å². The van der Waals surface area contributed by atoms with Gasteiger partial charge in [-0.25, -0.2) is 9.97 Å². The summed E-state index contributed by atoms with van der Waals surface area (Å²) in [7, 11) is 0. The summed E-state index contributed by atoms with van der Waals surface area (Å²) in [5.74, 6) is 1.63. The van der Waals surface area contributed by atoms with E-state index in [9.17, 15) is 9.59 Å². The van der Waals surface area contributed by atoms with Crippen LogP contribution in [-0.4, -0.2) is 45.5 Å². The van der Waals surface area contributed by atoms with Crippen molar-refractivity contribution in [3.8, 4) is 16.9 Å². The van der Waals surface area contributed by atoms with Crippen molar-refractivity contribution in [1.29, 1.82) is 0 Å². The zero-order chi connectivity index (χ0) is 29.8. The largest absolute Gasteiger partial charge is 0.491 e. The van der Waals surface area contributed by atoms with Crippen molar-refractivity contribution in [2.24, 2.45) is 5.92 Å². The van der Waals surface area contributed by atoms with Gasteiger partial charge in [0.1, 0.15) is 17.2 Å². The smallest absolute Gasteiger partial charge is 0.255 e.